The van der Waals surface area contributed by atoms with E-state index >= 15 is 0 Å². The predicted octanol–water partition coefficient (Wildman–Crippen LogP) is 4.01. The second-order valence-electron chi connectivity index (χ2n) is 7.44. The third-order valence-electron chi connectivity index (χ3n) is 5.30. The lowest BCUT2D eigenvalue weighted by Crippen LogP contribution is -2.42. The first-order valence-corrected chi connectivity index (χ1v) is 9.56. The molecule has 0 spiro atoms. The van der Waals surface area contributed by atoms with Crippen molar-refractivity contribution in [3.8, 4) is 0 Å². The van der Waals surface area contributed by atoms with E-state index in [1.807, 2.05) is 6.92 Å². The molecule has 30 heavy (non-hydrogen) atoms. The summed E-state index contributed by atoms with van der Waals surface area (Å²) in [6.07, 6.45) is 1.61. The van der Waals surface area contributed by atoms with Crippen molar-refractivity contribution in [2.75, 3.05) is 4.90 Å². The largest absolute Gasteiger partial charge is 0.305 e. The van der Waals surface area contributed by atoms with Crippen LogP contribution in [-0.4, -0.2) is 27.6 Å². The number of rotatable bonds is 6. The molecule has 1 amide bonds. The van der Waals surface area contributed by atoms with Gasteiger partial charge >= 0.3 is 0 Å². The summed E-state index contributed by atoms with van der Waals surface area (Å²) in [7, 11) is 0. The van der Waals surface area contributed by atoms with Crippen LogP contribution in [-0.2, 0) is 17.6 Å². The van der Waals surface area contributed by atoms with Gasteiger partial charge < -0.3 is 9.69 Å². The minimum atomic E-state index is -0.534. The highest BCUT2D eigenvalue weighted by Gasteiger charge is 2.32. The molecule has 2 aromatic carbocycles. The molecule has 9 heteroatoms. The van der Waals surface area contributed by atoms with Crippen molar-refractivity contribution < 1.29 is 19.4 Å². The highest BCUT2D eigenvalue weighted by molar-refractivity contribution is 6.07. The maximum Gasteiger partial charge on any atom is 0.273 e. The van der Waals surface area contributed by atoms with E-state index < -0.39 is 9.85 Å². The summed E-state index contributed by atoms with van der Waals surface area (Å²) in [5, 5.41) is 22.4. The fraction of sp³-hybridized carbons (Fsp3) is 0.333. The van der Waals surface area contributed by atoms with Crippen molar-refractivity contribution in [2.24, 2.45) is 0 Å². The second-order valence-corrected chi connectivity index (χ2v) is 7.44. The van der Waals surface area contributed by atoms with Gasteiger partial charge in [0.15, 0.2) is 0 Å². The molecule has 1 atom stereocenters. The first kappa shape index (κ1) is 21.1. The van der Waals surface area contributed by atoms with Crippen LogP contribution in [0, 0.1) is 20.2 Å². The van der Waals surface area contributed by atoms with Gasteiger partial charge in [-0.05, 0) is 56.9 Å². The number of benzene rings is 2. The van der Waals surface area contributed by atoms with Gasteiger partial charge in [0, 0.05) is 47.5 Å². The van der Waals surface area contributed by atoms with Gasteiger partial charge in [-0.3, -0.25) is 25.0 Å². The van der Waals surface area contributed by atoms with E-state index in [4.69, 9.17) is 0 Å². The predicted molar refractivity (Wildman–Crippen MR) is 110 cm³/mol. The number of Topliss-reactive ketones (excluding diaryl/α,β-unsaturated/α-hetero) is 1. The lowest BCUT2D eigenvalue weighted by Gasteiger charge is -2.35. The van der Waals surface area contributed by atoms with Crippen LogP contribution in [0.4, 0.5) is 17.1 Å². The van der Waals surface area contributed by atoms with Gasteiger partial charge in [0.1, 0.15) is 5.78 Å². The minimum absolute atomic E-state index is 0.0488. The number of nitro groups is 2. The van der Waals surface area contributed by atoms with Crippen molar-refractivity contribution >= 4 is 28.8 Å². The van der Waals surface area contributed by atoms with Gasteiger partial charge in [-0.1, -0.05) is 0 Å². The number of carbonyl (C=O) groups excluding carboxylic acids is 2. The molecule has 0 saturated carbocycles. The van der Waals surface area contributed by atoms with Crippen molar-refractivity contribution in [3.05, 3.63) is 73.3 Å². The Kier molecular flexibility index (Phi) is 5.91. The fourth-order valence-electron chi connectivity index (χ4n) is 3.67. The van der Waals surface area contributed by atoms with Crippen molar-refractivity contribution in [1.82, 2.24) is 0 Å². The highest BCUT2D eigenvalue weighted by atomic mass is 16.6. The molecule has 9 nitrogen and oxygen atoms in total. The van der Waals surface area contributed by atoms with E-state index in [1.54, 1.807) is 11.0 Å². The molecule has 0 aliphatic carbocycles. The van der Waals surface area contributed by atoms with E-state index in [2.05, 4.69) is 0 Å². The first-order chi connectivity index (χ1) is 14.2. The van der Waals surface area contributed by atoms with E-state index in [0.29, 0.717) is 35.2 Å². The quantitative estimate of drug-likeness (QED) is 0.523. The summed E-state index contributed by atoms with van der Waals surface area (Å²) in [5.74, 6) is -0.404. The van der Waals surface area contributed by atoms with E-state index in [0.717, 1.165) is 0 Å². The zero-order valence-electron chi connectivity index (χ0n) is 16.7. The molecule has 0 aromatic heterocycles. The van der Waals surface area contributed by atoms with Gasteiger partial charge in [-0.15, -0.1) is 0 Å². The monoisotopic (exact) mass is 411 g/mol. The summed E-state index contributed by atoms with van der Waals surface area (Å²) in [4.78, 5) is 47.6. The summed E-state index contributed by atoms with van der Waals surface area (Å²) in [5.41, 5.74) is 1.82. The Bertz CT molecular complexity index is 1030. The number of hydrogen-bond donors (Lipinski definition) is 0. The third kappa shape index (κ3) is 4.19. The van der Waals surface area contributed by atoms with Gasteiger partial charge in [0.2, 0.25) is 0 Å². The molecule has 0 radical (unpaired) electrons. The van der Waals surface area contributed by atoms with Crippen molar-refractivity contribution in [2.45, 2.75) is 45.6 Å². The van der Waals surface area contributed by atoms with Crippen molar-refractivity contribution in [3.63, 3.8) is 0 Å². The topological polar surface area (TPSA) is 124 Å². The summed E-state index contributed by atoms with van der Waals surface area (Å²) in [6, 6.07) is 8.34. The zero-order chi connectivity index (χ0) is 22.0. The number of carbonyl (C=O) groups is 2. The van der Waals surface area contributed by atoms with E-state index in [1.165, 1.54) is 37.3 Å². The van der Waals surface area contributed by atoms with Crippen LogP contribution in [0.15, 0.2) is 36.4 Å². The number of nitro benzene ring substituents is 2. The number of aryl methyl sites for hydroxylation is 2. The van der Waals surface area contributed by atoms with Crippen LogP contribution in [0.5, 0.6) is 0 Å². The number of fused-ring (bicyclic) bond motifs is 1. The number of anilines is 1. The van der Waals surface area contributed by atoms with Crippen molar-refractivity contribution in [1.29, 1.82) is 0 Å². The molecule has 0 unspecified atom stereocenters. The SMILES string of the molecule is CC(=O)CCc1cc2c(cc1[N+](=O)[O-])CC[C@H](C)N2C(=O)c1ccc([N+](=O)[O-])cc1. The maximum atomic E-state index is 13.2. The number of ketones is 1. The maximum absolute atomic E-state index is 13.2. The van der Waals surface area contributed by atoms with Gasteiger partial charge in [-0.25, -0.2) is 0 Å². The molecular weight excluding hydrogens is 390 g/mol. The molecule has 156 valence electrons. The molecule has 1 aliphatic rings. The Morgan fingerprint density at radius 3 is 2.33 bits per heavy atom. The average Bonchev–Trinajstić information content (AvgIpc) is 2.71. The Morgan fingerprint density at radius 1 is 1.10 bits per heavy atom. The summed E-state index contributed by atoms with van der Waals surface area (Å²) < 4.78 is 0. The Balaban J connectivity index is 2.04. The van der Waals surface area contributed by atoms with Crippen LogP contribution < -0.4 is 4.90 Å². The lowest BCUT2D eigenvalue weighted by atomic mass is 9.92. The molecular formula is C21H21N3O6. The van der Waals surface area contributed by atoms with Crippen LogP contribution >= 0.6 is 0 Å². The Hall–Kier alpha value is -3.62. The number of hydrogen-bond acceptors (Lipinski definition) is 6. The third-order valence-corrected chi connectivity index (χ3v) is 5.30. The van der Waals surface area contributed by atoms with Crippen LogP contribution in [0.1, 0.15) is 48.2 Å². The van der Waals surface area contributed by atoms with Crippen LogP contribution in [0.25, 0.3) is 0 Å². The average molecular weight is 411 g/mol. The number of non-ortho nitro benzene ring substituents is 1. The summed E-state index contributed by atoms with van der Waals surface area (Å²) in [6.45, 7) is 3.32. The number of nitrogens with zero attached hydrogens (tertiary/aromatic N) is 3. The van der Waals surface area contributed by atoms with E-state index in [-0.39, 0.29) is 41.9 Å². The molecule has 2 aromatic rings. The molecule has 0 saturated heterocycles. The standard InChI is InChI=1S/C21H21N3O6/c1-13-3-5-16-12-20(24(29)30)17(6-4-14(2)25)11-19(16)22(13)21(26)15-7-9-18(10-8-15)23(27)28/h7-13H,3-6H2,1-2H3/t13-/m0/s1. The minimum Gasteiger partial charge on any atom is -0.305 e. The molecule has 3 rings (SSSR count). The van der Waals surface area contributed by atoms with Gasteiger partial charge in [0.25, 0.3) is 17.3 Å². The Morgan fingerprint density at radius 2 is 1.77 bits per heavy atom. The Labute approximate surface area is 172 Å². The molecule has 0 fully saturated rings. The van der Waals surface area contributed by atoms with Gasteiger partial charge in [-0.2, -0.15) is 0 Å². The van der Waals surface area contributed by atoms with Gasteiger partial charge in [0.05, 0.1) is 9.85 Å². The second kappa shape index (κ2) is 8.40. The normalized spacial score (nSPS) is 15.4. The smallest absolute Gasteiger partial charge is 0.273 e. The molecule has 0 bridgehead atoms. The van der Waals surface area contributed by atoms with Crippen LogP contribution in [0.3, 0.4) is 0 Å². The van der Waals surface area contributed by atoms with E-state index in [9.17, 15) is 29.8 Å². The van der Waals surface area contributed by atoms with Crippen LogP contribution in [0.2, 0.25) is 0 Å². The fourth-order valence-corrected chi connectivity index (χ4v) is 3.67. The summed E-state index contributed by atoms with van der Waals surface area (Å²) >= 11 is 0. The lowest BCUT2D eigenvalue weighted by molar-refractivity contribution is -0.385. The highest BCUT2D eigenvalue weighted by Crippen LogP contribution is 2.37. The first-order valence-electron chi connectivity index (χ1n) is 9.56. The number of amides is 1. The molecule has 0 N–H and O–H groups in total. The zero-order valence-corrected chi connectivity index (χ0v) is 16.7. The molecule has 1 heterocycles. The molecule has 1 aliphatic heterocycles.